The molecule has 4 rings (SSSR count). The highest BCUT2D eigenvalue weighted by Crippen LogP contribution is 2.38. The Morgan fingerprint density at radius 1 is 1.00 bits per heavy atom. The number of carbonyl (C=O) groups is 1. The number of rotatable bonds is 8. The Labute approximate surface area is 184 Å². The van der Waals surface area contributed by atoms with Crippen LogP contribution in [0.25, 0.3) is 0 Å². The highest BCUT2D eigenvalue weighted by atomic mass is 16.5. The molecule has 4 heteroatoms. The van der Waals surface area contributed by atoms with Gasteiger partial charge in [0.2, 0.25) is 0 Å². The van der Waals surface area contributed by atoms with Crippen LogP contribution in [0.15, 0.2) is 91.5 Å². The van der Waals surface area contributed by atoms with Gasteiger partial charge in [0.15, 0.2) is 0 Å². The van der Waals surface area contributed by atoms with Gasteiger partial charge in [0.05, 0.1) is 12.2 Å². The smallest absolute Gasteiger partial charge is 0.258 e. The van der Waals surface area contributed by atoms with Crippen LogP contribution in [0.4, 0.5) is 5.69 Å². The number of nitrogens with one attached hydrogen (secondary N) is 1. The lowest BCUT2D eigenvalue weighted by Gasteiger charge is -2.46. The summed E-state index contributed by atoms with van der Waals surface area (Å²) >= 11 is 0. The lowest BCUT2D eigenvalue weighted by Crippen LogP contribution is -2.55. The van der Waals surface area contributed by atoms with E-state index in [1.54, 1.807) is 6.08 Å². The summed E-state index contributed by atoms with van der Waals surface area (Å²) in [5.74, 6) is 0.830. The Balaban J connectivity index is 1.46. The van der Waals surface area contributed by atoms with Crippen molar-refractivity contribution >= 4 is 11.6 Å². The average molecular weight is 413 g/mol. The minimum absolute atomic E-state index is 0.00186. The SMILES string of the molecule is C=CCN1C(=O)c2ccccc2NC1(C)c1ccc(OCCCc2ccccc2)cc1. The molecule has 0 saturated carbocycles. The van der Waals surface area contributed by atoms with Gasteiger partial charge in [-0.2, -0.15) is 0 Å². The van der Waals surface area contributed by atoms with Crippen molar-refractivity contribution in [1.29, 1.82) is 0 Å². The quantitative estimate of drug-likeness (QED) is 0.385. The number of amides is 1. The molecule has 1 aliphatic rings. The van der Waals surface area contributed by atoms with Gasteiger partial charge in [0.1, 0.15) is 11.4 Å². The first kappa shape index (κ1) is 20.7. The van der Waals surface area contributed by atoms with Crippen molar-refractivity contribution in [3.8, 4) is 5.75 Å². The van der Waals surface area contributed by atoms with Crippen LogP contribution in [0.3, 0.4) is 0 Å². The van der Waals surface area contributed by atoms with Crippen LogP contribution < -0.4 is 10.1 Å². The van der Waals surface area contributed by atoms with Crippen LogP contribution in [-0.4, -0.2) is 24.0 Å². The van der Waals surface area contributed by atoms with Crippen molar-refractivity contribution in [2.24, 2.45) is 0 Å². The summed E-state index contributed by atoms with van der Waals surface area (Å²) in [6, 6.07) is 26.1. The molecule has 0 fully saturated rings. The number of anilines is 1. The van der Waals surface area contributed by atoms with E-state index in [0.29, 0.717) is 18.7 Å². The number of aryl methyl sites for hydroxylation is 1. The molecular weight excluding hydrogens is 384 g/mol. The van der Waals surface area contributed by atoms with Crippen molar-refractivity contribution in [2.75, 3.05) is 18.5 Å². The summed E-state index contributed by atoms with van der Waals surface area (Å²) in [5.41, 5.74) is 3.17. The third-order valence-corrected chi connectivity index (χ3v) is 5.77. The topological polar surface area (TPSA) is 41.6 Å². The lowest BCUT2D eigenvalue weighted by atomic mass is 9.93. The highest BCUT2D eigenvalue weighted by Gasteiger charge is 2.41. The fourth-order valence-electron chi connectivity index (χ4n) is 4.07. The molecule has 1 atom stereocenters. The number of fused-ring (bicyclic) bond motifs is 1. The van der Waals surface area contributed by atoms with Gasteiger partial charge in [0.25, 0.3) is 5.91 Å². The molecule has 4 nitrogen and oxygen atoms in total. The summed E-state index contributed by atoms with van der Waals surface area (Å²) in [6.07, 6.45) is 3.72. The van der Waals surface area contributed by atoms with Crippen molar-refractivity contribution in [1.82, 2.24) is 4.90 Å². The zero-order valence-corrected chi connectivity index (χ0v) is 17.9. The normalized spacial score (nSPS) is 17.6. The monoisotopic (exact) mass is 412 g/mol. The van der Waals surface area contributed by atoms with E-state index < -0.39 is 5.66 Å². The van der Waals surface area contributed by atoms with Gasteiger partial charge in [-0.1, -0.05) is 60.7 Å². The lowest BCUT2D eigenvalue weighted by molar-refractivity contribution is 0.0572. The van der Waals surface area contributed by atoms with Gasteiger partial charge < -0.3 is 15.0 Å². The first-order valence-corrected chi connectivity index (χ1v) is 10.7. The van der Waals surface area contributed by atoms with Crippen LogP contribution in [0.5, 0.6) is 5.75 Å². The Hall–Kier alpha value is -3.53. The second-order valence-electron chi connectivity index (χ2n) is 7.91. The van der Waals surface area contributed by atoms with E-state index in [1.807, 2.05) is 66.4 Å². The van der Waals surface area contributed by atoms with E-state index in [2.05, 4.69) is 36.2 Å². The number of nitrogens with zero attached hydrogens (tertiary/aromatic N) is 1. The van der Waals surface area contributed by atoms with Gasteiger partial charge >= 0.3 is 0 Å². The molecule has 0 radical (unpaired) electrons. The number of para-hydroxylation sites is 1. The molecule has 158 valence electrons. The molecule has 1 N–H and O–H groups in total. The summed E-state index contributed by atoms with van der Waals surface area (Å²) in [4.78, 5) is 15.0. The fourth-order valence-corrected chi connectivity index (χ4v) is 4.07. The number of ether oxygens (including phenoxy) is 1. The number of carbonyl (C=O) groups excluding carboxylic acids is 1. The molecule has 0 aromatic heterocycles. The van der Waals surface area contributed by atoms with Crippen LogP contribution in [0.2, 0.25) is 0 Å². The van der Waals surface area contributed by atoms with E-state index in [-0.39, 0.29) is 5.91 Å². The van der Waals surface area contributed by atoms with Crippen molar-refractivity contribution in [3.05, 3.63) is 108 Å². The van der Waals surface area contributed by atoms with E-state index >= 15 is 0 Å². The van der Waals surface area contributed by atoms with Gasteiger partial charge in [-0.25, -0.2) is 0 Å². The van der Waals surface area contributed by atoms with E-state index in [1.165, 1.54) is 5.56 Å². The standard InChI is InChI=1S/C27H28N2O2/c1-3-19-29-26(30)24-13-7-8-14-25(24)28-27(29,2)22-15-17-23(18-16-22)31-20-9-12-21-10-5-4-6-11-21/h3-8,10-11,13-18,28H,1,9,12,19-20H2,2H3. The summed E-state index contributed by atoms with van der Waals surface area (Å²) < 4.78 is 5.94. The molecule has 1 aliphatic heterocycles. The van der Waals surface area contributed by atoms with E-state index in [0.717, 1.165) is 29.8 Å². The Kier molecular flexibility index (Phi) is 6.08. The van der Waals surface area contributed by atoms with Gasteiger partial charge in [-0.3, -0.25) is 4.79 Å². The second-order valence-corrected chi connectivity index (χ2v) is 7.91. The largest absolute Gasteiger partial charge is 0.494 e. The number of hydrogen-bond acceptors (Lipinski definition) is 3. The van der Waals surface area contributed by atoms with Crippen molar-refractivity contribution < 1.29 is 9.53 Å². The maximum Gasteiger partial charge on any atom is 0.258 e. The Bertz CT molecular complexity index is 1050. The maximum atomic E-state index is 13.2. The van der Waals surface area contributed by atoms with Crippen molar-refractivity contribution in [3.63, 3.8) is 0 Å². The molecule has 0 aliphatic carbocycles. The molecule has 1 heterocycles. The number of benzene rings is 3. The summed E-state index contributed by atoms with van der Waals surface area (Å²) in [5, 5.41) is 3.56. The van der Waals surface area contributed by atoms with Crippen LogP contribution >= 0.6 is 0 Å². The average Bonchev–Trinajstić information content (AvgIpc) is 2.80. The predicted octanol–water partition coefficient (Wildman–Crippen LogP) is 5.62. The minimum atomic E-state index is -0.675. The fraction of sp³-hybridized carbons (Fsp3) is 0.222. The summed E-state index contributed by atoms with van der Waals surface area (Å²) in [6.45, 7) is 6.99. The zero-order chi connectivity index (χ0) is 21.7. The van der Waals surface area contributed by atoms with E-state index in [4.69, 9.17) is 4.74 Å². The third kappa shape index (κ3) is 4.33. The third-order valence-electron chi connectivity index (χ3n) is 5.77. The molecule has 1 amide bonds. The highest BCUT2D eigenvalue weighted by molar-refractivity contribution is 6.02. The van der Waals surface area contributed by atoms with Gasteiger partial charge in [-0.15, -0.1) is 6.58 Å². The van der Waals surface area contributed by atoms with Crippen LogP contribution in [-0.2, 0) is 12.1 Å². The molecule has 3 aromatic carbocycles. The van der Waals surface area contributed by atoms with Crippen LogP contribution in [0.1, 0.15) is 34.8 Å². The molecule has 0 spiro atoms. The summed E-state index contributed by atoms with van der Waals surface area (Å²) in [7, 11) is 0. The van der Waals surface area contributed by atoms with Crippen molar-refractivity contribution in [2.45, 2.75) is 25.4 Å². The van der Waals surface area contributed by atoms with E-state index in [9.17, 15) is 4.79 Å². The van der Waals surface area contributed by atoms with Gasteiger partial charge in [-0.05, 0) is 55.2 Å². The molecule has 31 heavy (non-hydrogen) atoms. The second kappa shape index (κ2) is 9.09. The molecule has 1 unspecified atom stereocenters. The first-order chi connectivity index (χ1) is 15.1. The molecule has 3 aromatic rings. The number of hydrogen-bond donors (Lipinski definition) is 1. The first-order valence-electron chi connectivity index (χ1n) is 10.7. The Morgan fingerprint density at radius 2 is 1.71 bits per heavy atom. The maximum absolute atomic E-state index is 13.2. The molecule has 0 bridgehead atoms. The van der Waals surface area contributed by atoms with Gasteiger partial charge in [0, 0.05) is 12.2 Å². The molecule has 0 saturated heterocycles. The Morgan fingerprint density at radius 3 is 2.45 bits per heavy atom. The zero-order valence-electron chi connectivity index (χ0n) is 17.9. The predicted molar refractivity (Wildman–Crippen MR) is 125 cm³/mol. The molecular formula is C27H28N2O2. The minimum Gasteiger partial charge on any atom is -0.494 e. The van der Waals surface area contributed by atoms with Crippen LogP contribution in [0, 0.1) is 0 Å².